The maximum Gasteiger partial charge on any atom is 0.0549 e. The van der Waals surface area contributed by atoms with E-state index in [4.69, 9.17) is 5.73 Å². The van der Waals surface area contributed by atoms with Crippen LogP contribution in [0.4, 0.5) is 0 Å². The van der Waals surface area contributed by atoms with Crippen molar-refractivity contribution in [3.8, 4) is 0 Å². The Morgan fingerprint density at radius 3 is 2.43 bits per heavy atom. The van der Waals surface area contributed by atoms with Gasteiger partial charge in [-0.2, -0.15) is 0 Å². The molecule has 0 aliphatic heterocycles. The first-order valence-electron chi connectivity index (χ1n) is 5.94. The molecule has 2 unspecified atom stereocenters. The van der Waals surface area contributed by atoms with E-state index in [1.54, 1.807) is 0 Å². The summed E-state index contributed by atoms with van der Waals surface area (Å²) in [5.41, 5.74) is 5.93. The summed E-state index contributed by atoms with van der Waals surface area (Å²) >= 11 is 0. The molecular weight excluding hydrogens is 174 g/mol. The molecule has 0 rings (SSSR count). The van der Waals surface area contributed by atoms with Gasteiger partial charge in [-0.25, -0.2) is 0 Å². The van der Waals surface area contributed by atoms with Crippen LogP contribution in [0, 0.1) is 5.92 Å². The van der Waals surface area contributed by atoms with Gasteiger partial charge in [-0.3, -0.25) is 0 Å². The van der Waals surface area contributed by atoms with Gasteiger partial charge in [0.1, 0.15) is 0 Å². The van der Waals surface area contributed by atoms with Gasteiger partial charge >= 0.3 is 0 Å². The number of rotatable bonds is 9. The van der Waals surface area contributed by atoms with E-state index in [1.165, 1.54) is 12.8 Å². The SMILES string of the molecule is CCCNCC(CC)CC(N)NCC. The molecule has 0 heterocycles. The highest BCUT2D eigenvalue weighted by molar-refractivity contribution is 4.67. The maximum absolute atomic E-state index is 5.93. The van der Waals surface area contributed by atoms with Gasteiger partial charge in [0.05, 0.1) is 6.17 Å². The van der Waals surface area contributed by atoms with Crippen molar-refractivity contribution in [2.45, 2.75) is 46.2 Å². The molecule has 0 aliphatic rings. The molecule has 0 fully saturated rings. The summed E-state index contributed by atoms with van der Waals surface area (Å²) in [7, 11) is 0. The largest absolute Gasteiger partial charge is 0.316 e. The lowest BCUT2D eigenvalue weighted by Crippen LogP contribution is -2.40. The molecule has 0 saturated carbocycles. The van der Waals surface area contributed by atoms with Gasteiger partial charge in [0.15, 0.2) is 0 Å². The van der Waals surface area contributed by atoms with Crippen LogP contribution in [0.15, 0.2) is 0 Å². The van der Waals surface area contributed by atoms with Gasteiger partial charge in [0.25, 0.3) is 0 Å². The Balaban J connectivity index is 3.55. The predicted molar refractivity (Wildman–Crippen MR) is 63.2 cm³/mol. The first kappa shape index (κ1) is 13.9. The van der Waals surface area contributed by atoms with E-state index in [0.29, 0.717) is 5.92 Å². The molecule has 3 heteroatoms. The van der Waals surface area contributed by atoms with Gasteiger partial charge in [-0.1, -0.05) is 27.2 Å². The van der Waals surface area contributed by atoms with Crippen LogP contribution in [0.2, 0.25) is 0 Å². The third-order valence-electron chi connectivity index (χ3n) is 2.49. The standard InChI is InChI=1S/C11H27N3/c1-4-7-13-9-10(5-2)8-11(12)14-6-3/h10-11,13-14H,4-9,12H2,1-3H3. The molecular formula is C11H27N3. The Bertz CT molecular complexity index is 117. The Morgan fingerprint density at radius 1 is 1.21 bits per heavy atom. The fraction of sp³-hybridized carbons (Fsp3) is 1.00. The van der Waals surface area contributed by atoms with Crippen LogP contribution in [-0.2, 0) is 0 Å². The molecule has 4 N–H and O–H groups in total. The van der Waals surface area contributed by atoms with Crippen LogP contribution >= 0.6 is 0 Å². The summed E-state index contributed by atoms with van der Waals surface area (Å²) in [6.45, 7) is 9.70. The summed E-state index contributed by atoms with van der Waals surface area (Å²) in [5, 5.41) is 6.70. The molecule has 0 spiro atoms. The molecule has 3 nitrogen and oxygen atoms in total. The highest BCUT2D eigenvalue weighted by Gasteiger charge is 2.10. The number of hydrogen-bond acceptors (Lipinski definition) is 3. The van der Waals surface area contributed by atoms with Crippen molar-refractivity contribution in [2.24, 2.45) is 11.7 Å². The minimum atomic E-state index is 0.161. The average molecular weight is 201 g/mol. The third kappa shape index (κ3) is 7.30. The van der Waals surface area contributed by atoms with Gasteiger partial charge in [-0.15, -0.1) is 0 Å². The molecule has 0 aromatic carbocycles. The monoisotopic (exact) mass is 201 g/mol. The molecule has 0 aromatic rings. The molecule has 0 amide bonds. The zero-order chi connectivity index (χ0) is 10.8. The van der Waals surface area contributed by atoms with Crippen LogP contribution in [0.1, 0.15) is 40.0 Å². The Kier molecular flexibility index (Phi) is 9.35. The van der Waals surface area contributed by atoms with Crippen molar-refractivity contribution in [2.75, 3.05) is 19.6 Å². The third-order valence-corrected chi connectivity index (χ3v) is 2.49. The van der Waals surface area contributed by atoms with Gasteiger partial charge in [0, 0.05) is 0 Å². The lowest BCUT2D eigenvalue weighted by atomic mass is 10.0. The minimum absolute atomic E-state index is 0.161. The second-order valence-corrected chi connectivity index (χ2v) is 3.88. The number of nitrogens with one attached hydrogen (secondary N) is 2. The van der Waals surface area contributed by atoms with E-state index in [1.807, 2.05) is 0 Å². The van der Waals surface area contributed by atoms with Crippen molar-refractivity contribution >= 4 is 0 Å². The summed E-state index contributed by atoms with van der Waals surface area (Å²) < 4.78 is 0. The first-order valence-corrected chi connectivity index (χ1v) is 5.94. The van der Waals surface area contributed by atoms with Crippen molar-refractivity contribution in [3.05, 3.63) is 0 Å². The van der Waals surface area contributed by atoms with Crippen LogP contribution in [-0.4, -0.2) is 25.8 Å². The van der Waals surface area contributed by atoms with Crippen LogP contribution in [0.5, 0.6) is 0 Å². The highest BCUT2D eigenvalue weighted by atomic mass is 15.0. The van der Waals surface area contributed by atoms with E-state index < -0.39 is 0 Å². The Labute approximate surface area is 88.8 Å². The van der Waals surface area contributed by atoms with E-state index in [2.05, 4.69) is 31.4 Å². The lowest BCUT2D eigenvalue weighted by Gasteiger charge is -2.20. The molecule has 86 valence electrons. The molecule has 0 radical (unpaired) electrons. The van der Waals surface area contributed by atoms with Gasteiger partial charge in [0.2, 0.25) is 0 Å². The zero-order valence-corrected chi connectivity index (χ0v) is 9.97. The van der Waals surface area contributed by atoms with Crippen molar-refractivity contribution in [1.29, 1.82) is 0 Å². The average Bonchev–Trinajstić information content (AvgIpc) is 2.17. The van der Waals surface area contributed by atoms with Crippen molar-refractivity contribution in [3.63, 3.8) is 0 Å². The second-order valence-electron chi connectivity index (χ2n) is 3.88. The van der Waals surface area contributed by atoms with Crippen molar-refractivity contribution in [1.82, 2.24) is 10.6 Å². The number of nitrogens with two attached hydrogens (primary N) is 1. The fourth-order valence-corrected chi connectivity index (χ4v) is 1.58. The predicted octanol–water partition coefficient (Wildman–Crippen LogP) is 1.30. The Hall–Kier alpha value is -0.120. The van der Waals surface area contributed by atoms with E-state index in [0.717, 1.165) is 26.1 Å². The number of hydrogen-bond donors (Lipinski definition) is 3. The highest BCUT2D eigenvalue weighted by Crippen LogP contribution is 2.07. The molecule has 2 atom stereocenters. The van der Waals surface area contributed by atoms with Crippen molar-refractivity contribution < 1.29 is 0 Å². The van der Waals surface area contributed by atoms with Crippen LogP contribution < -0.4 is 16.4 Å². The molecule has 0 aromatic heterocycles. The van der Waals surface area contributed by atoms with E-state index in [9.17, 15) is 0 Å². The minimum Gasteiger partial charge on any atom is -0.316 e. The van der Waals surface area contributed by atoms with Crippen LogP contribution in [0.25, 0.3) is 0 Å². The van der Waals surface area contributed by atoms with E-state index in [-0.39, 0.29) is 6.17 Å². The molecule has 0 bridgehead atoms. The van der Waals surface area contributed by atoms with E-state index >= 15 is 0 Å². The fourth-order valence-electron chi connectivity index (χ4n) is 1.58. The molecule has 0 saturated heterocycles. The summed E-state index contributed by atoms with van der Waals surface area (Å²) in [4.78, 5) is 0. The summed E-state index contributed by atoms with van der Waals surface area (Å²) in [6, 6.07) is 0. The van der Waals surface area contributed by atoms with Crippen LogP contribution in [0.3, 0.4) is 0 Å². The summed E-state index contributed by atoms with van der Waals surface area (Å²) in [5.74, 6) is 0.704. The first-order chi connectivity index (χ1) is 6.74. The Morgan fingerprint density at radius 2 is 1.93 bits per heavy atom. The zero-order valence-electron chi connectivity index (χ0n) is 9.97. The molecule has 14 heavy (non-hydrogen) atoms. The quantitative estimate of drug-likeness (QED) is 0.389. The summed E-state index contributed by atoms with van der Waals surface area (Å²) in [6.07, 6.45) is 3.64. The maximum atomic E-state index is 5.93. The second kappa shape index (κ2) is 9.44. The van der Waals surface area contributed by atoms with Gasteiger partial charge in [-0.05, 0) is 38.4 Å². The topological polar surface area (TPSA) is 50.1 Å². The lowest BCUT2D eigenvalue weighted by molar-refractivity contribution is 0.367. The smallest absolute Gasteiger partial charge is 0.0549 e. The normalized spacial score (nSPS) is 15.4. The molecule has 0 aliphatic carbocycles. The van der Waals surface area contributed by atoms with Gasteiger partial charge < -0.3 is 16.4 Å².